The van der Waals surface area contributed by atoms with Gasteiger partial charge in [0.2, 0.25) is 11.7 Å². The maximum absolute atomic E-state index is 4.96. The third-order valence-corrected chi connectivity index (χ3v) is 2.54. The third kappa shape index (κ3) is 2.13. The minimum absolute atomic E-state index is 0.172. The summed E-state index contributed by atoms with van der Waals surface area (Å²) in [6.07, 6.45) is 0. The van der Waals surface area contributed by atoms with Gasteiger partial charge in [0.05, 0.1) is 0 Å². The Morgan fingerprint density at radius 1 is 1.06 bits per heavy atom. The summed E-state index contributed by atoms with van der Waals surface area (Å²) in [5, 5.41) is 3.89. The molecule has 2 aromatic rings. The highest BCUT2D eigenvalue weighted by Gasteiger charge is 2.13. The minimum atomic E-state index is 0.172. The molecule has 3 heteroatoms. The van der Waals surface area contributed by atoms with E-state index < -0.39 is 0 Å². The molecule has 0 bridgehead atoms. The lowest BCUT2D eigenvalue weighted by Crippen LogP contribution is -2.10. The van der Waals surface area contributed by atoms with Crippen molar-refractivity contribution < 1.29 is 4.52 Å². The van der Waals surface area contributed by atoms with E-state index in [1.807, 2.05) is 12.1 Å². The van der Waals surface area contributed by atoms with Crippen molar-refractivity contribution in [3.8, 4) is 11.4 Å². The van der Waals surface area contributed by atoms with Crippen LogP contribution < -0.4 is 0 Å². The number of nitrogens with zero attached hydrogens (tertiary/aromatic N) is 2. The Labute approximate surface area is 95.5 Å². The topological polar surface area (TPSA) is 38.9 Å². The lowest BCUT2D eigenvalue weighted by molar-refractivity contribution is 0.394. The first-order valence-electron chi connectivity index (χ1n) is 5.38. The summed E-state index contributed by atoms with van der Waals surface area (Å²) in [5.41, 5.74) is 2.47. The molecule has 0 amide bonds. The molecule has 2 rings (SSSR count). The van der Waals surface area contributed by atoms with Gasteiger partial charge in [-0.05, 0) is 11.0 Å². The Kier molecular flexibility index (Phi) is 2.54. The highest BCUT2D eigenvalue weighted by atomic mass is 16.5. The summed E-state index contributed by atoms with van der Waals surface area (Å²) < 4.78 is 4.96. The van der Waals surface area contributed by atoms with Crippen molar-refractivity contribution in [1.29, 1.82) is 0 Å². The summed E-state index contributed by atoms with van der Waals surface area (Å²) in [7, 11) is 0. The molecule has 0 saturated heterocycles. The molecule has 0 unspecified atom stereocenters. The van der Waals surface area contributed by atoms with Crippen LogP contribution in [0.1, 0.15) is 32.2 Å². The number of aryl methyl sites for hydroxylation is 1. The molecule has 0 aliphatic carbocycles. The smallest absolute Gasteiger partial charge is 0.223 e. The van der Waals surface area contributed by atoms with Gasteiger partial charge in [-0.2, -0.15) is 4.98 Å². The fraction of sp³-hybridized carbons (Fsp3) is 0.385. The van der Waals surface area contributed by atoms with E-state index in [1.54, 1.807) is 6.92 Å². The monoisotopic (exact) mass is 216 g/mol. The van der Waals surface area contributed by atoms with Crippen LogP contribution in [0.3, 0.4) is 0 Å². The first-order chi connectivity index (χ1) is 7.47. The van der Waals surface area contributed by atoms with E-state index in [0.29, 0.717) is 11.7 Å². The lowest BCUT2D eigenvalue weighted by Gasteiger charge is -2.18. The van der Waals surface area contributed by atoms with Gasteiger partial charge >= 0.3 is 0 Å². The molecule has 1 aromatic carbocycles. The van der Waals surface area contributed by atoms with Gasteiger partial charge in [-0.15, -0.1) is 0 Å². The molecule has 0 atom stereocenters. The first kappa shape index (κ1) is 10.9. The number of aromatic nitrogens is 2. The molecule has 0 spiro atoms. The van der Waals surface area contributed by atoms with Gasteiger partial charge in [-0.3, -0.25) is 0 Å². The zero-order chi connectivity index (χ0) is 11.8. The molecule has 0 N–H and O–H groups in total. The fourth-order valence-corrected chi connectivity index (χ4v) is 1.54. The highest BCUT2D eigenvalue weighted by Crippen LogP contribution is 2.24. The Bertz CT molecular complexity index is 477. The van der Waals surface area contributed by atoms with Crippen molar-refractivity contribution in [2.24, 2.45) is 0 Å². The van der Waals surface area contributed by atoms with Crippen LogP contribution in [0.2, 0.25) is 0 Å². The quantitative estimate of drug-likeness (QED) is 0.733. The SMILES string of the molecule is Cc1nc(-c2ccc(C(C)(C)C)cc2)no1. The van der Waals surface area contributed by atoms with E-state index in [9.17, 15) is 0 Å². The number of hydrogen-bond donors (Lipinski definition) is 0. The third-order valence-electron chi connectivity index (χ3n) is 2.54. The van der Waals surface area contributed by atoms with Crippen molar-refractivity contribution in [3.05, 3.63) is 35.7 Å². The van der Waals surface area contributed by atoms with Crippen LogP contribution in [0.4, 0.5) is 0 Å². The summed E-state index contributed by atoms with van der Waals surface area (Å²) in [5.74, 6) is 1.24. The number of benzene rings is 1. The summed E-state index contributed by atoms with van der Waals surface area (Å²) >= 11 is 0. The maximum Gasteiger partial charge on any atom is 0.223 e. The Balaban J connectivity index is 2.33. The molecule has 16 heavy (non-hydrogen) atoms. The molecular weight excluding hydrogens is 200 g/mol. The van der Waals surface area contributed by atoms with E-state index in [2.05, 4.69) is 43.0 Å². The molecule has 0 aliphatic heterocycles. The van der Waals surface area contributed by atoms with Gasteiger partial charge in [-0.1, -0.05) is 50.2 Å². The number of hydrogen-bond acceptors (Lipinski definition) is 3. The molecule has 1 aromatic heterocycles. The van der Waals surface area contributed by atoms with Gasteiger partial charge in [0.25, 0.3) is 0 Å². The van der Waals surface area contributed by atoms with Crippen LogP contribution in [0, 0.1) is 6.92 Å². The molecule has 0 fully saturated rings. The van der Waals surface area contributed by atoms with Crippen LogP contribution in [0.25, 0.3) is 11.4 Å². The lowest BCUT2D eigenvalue weighted by atomic mass is 9.87. The normalized spacial score (nSPS) is 11.8. The van der Waals surface area contributed by atoms with Crippen molar-refractivity contribution in [1.82, 2.24) is 10.1 Å². The molecule has 0 saturated carbocycles. The largest absolute Gasteiger partial charge is 0.339 e. The average molecular weight is 216 g/mol. The van der Waals surface area contributed by atoms with E-state index >= 15 is 0 Å². The van der Waals surface area contributed by atoms with Gasteiger partial charge in [0.15, 0.2) is 0 Å². The summed E-state index contributed by atoms with van der Waals surface area (Å²) in [4.78, 5) is 4.19. The van der Waals surface area contributed by atoms with Crippen LogP contribution in [-0.2, 0) is 5.41 Å². The minimum Gasteiger partial charge on any atom is -0.339 e. The highest BCUT2D eigenvalue weighted by molar-refractivity contribution is 5.55. The average Bonchev–Trinajstić information content (AvgIpc) is 2.64. The van der Waals surface area contributed by atoms with Crippen LogP contribution in [-0.4, -0.2) is 10.1 Å². The zero-order valence-corrected chi connectivity index (χ0v) is 10.1. The van der Waals surface area contributed by atoms with Crippen molar-refractivity contribution in [2.45, 2.75) is 33.1 Å². The Morgan fingerprint density at radius 2 is 1.69 bits per heavy atom. The Hall–Kier alpha value is -1.64. The molecule has 0 aliphatic rings. The van der Waals surface area contributed by atoms with Crippen LogP contribution in [0.5, 0.6) is 0 Å². The van der Waals surface area contributed by atoms with Gasteiger partial charge in [0.1, 0.15) is 0 Å². The van der Waals surface area contributed by atoms with Crippen molar-refractivity contribution in [2.75, 3.05) is 0 Å². The van der Waals surface area contributed by atoms with Gasteiger partial charge < -0.3 is 4.52 Å². The standard InChI is InChI=1S/C13H16N2O/c1-9-14-12(15-16-9)10-5-7-11(8-6-10)13(2,3)4/h5-8H,1-4H3. The van der Waals surface area contributed by atoms with E-state index in [1.165, 1.54) is 5.56 Å². The molecule has 3 nitrogen and oxygen atoms in total. The first-order valence-corrected chi connectivity index (χ1v) is 5.38. The zero-order valence-electron chi connectivity index (χ0n) is 10.1. The van der Waals surface area contributed by atoms with Gasteiger partial charge in [-0.25, -0.2) is 0 Å². The molecule has 0 radical (unpaired) electrons. The predicted octanol–water partition coefficient (Wildman–Crippen LogP) is 3.34. The molecular formula is C13H16N2O. The van der Waals surface area contributed by atoms with E-state index in [-0.39, 0.29) is 5.41 Å². The predicted molar refractivity (Wildman–Crippen MR) is 63.2 cm³/mol. The molecule has 84 valence electrons. The Morgan fingerprint density at radius 3 is 2.12 bits per heavy atom. The van der Waals surface area contributed by atoms with Crippen LogP contribution in [0.15, 0.2) is 28.8 Å². The maximum atomic E-state index is 4.96. The van der Waals surface area contributed by atoms with E-state index in [4.69, 9.17) is 4.52 Å². The van der Waals surface area contributed by atoms with Crippen molar-refractivity contribution >= 4 is 0 Å². The number of rotatable bonds is 1. The second-order valence-electron chi connectivity index (χ2n) is 4.96. The fourth-order valence-electron chi connectivity index (χ4n) is 1.54. The summed E-state index contributed by atoms with van der Waals surface area (Å²) in [6.45, 7) is 8.38. The summed E-state index contributed by atoms with van der Waals surface area (Å²) in [6, 6.07) is 8.29. The van der Waals surface area contributed by atoms with Crippen LogP contribution >= 0.6 is 0 Å². The molecule has 1 heterocycles. The second kappa shape index (κ2) is 3.74. The van der Waals surface area contributed by atoms with Crippen molar-refractivity contribution in [3.63, 3.8) is 0 Å². The second-order valence-corrected chi connectivity index (χ2v) is 4.96. The van der Waals surface area contributed by atoms with E-state index in [0.717, 1.165) is 5.56 Å². The van der Waals surface area contributed by atoms with Gasteiger partial charge in [0, 0.05) is 12.5 Å².